The Morgan fingerprint density at radius 3 is 2.17 bits per heavy atom. The second-order valence-electron chi connectivity index (χ2n) is 5.06. The molecule has 18 heavy (non-hydrogen) atoms. The Labute approximate surface area is 112 Å². The summed E-state index contributed by atoms with van der Waals surface area (Å²) in [5.74, 6) is 0. The lowest BCUT2D eigenvalue weighted by Gasteiger charge is -2.35. The first-order valence-electron chi connectivity index (χ1n) is 7.20. The molecule has 0 aromatic heterocycles. The second-order valence-corrected chi connectivity index (χ2v) is 5.06. The van der Waals surface area contributed by atoms with E-state index in [2.05, 4.69) is 56.9 Å². The van der Waals surface area contributed by atoms with Crippen LogP contribution in [0.2, 0.25) is 0 Å². The molecule has 1 aromatic carbocycles. The summed E-state index contributed by atoms with van der Waals surface area (Å²) in [6.45, 7) is 10.9. The van der Waals surface area contributed by atoms with Gasteiger partial charge in [-0.05, 0) is 38.4 Å². The average Bonchev–Trinajstić information content (AvgIpc) is 2.39. The predicted octanol–water partition coefficient (Wildman–Crippen LogP) is 3.51. The summed E-state index contributed by atoms with van der Waals surface area (Å²) in [5, 5.41) is 0. The molecule has 0 aliphatic rings. The molecule has 0 saturated heterocycles. The van der Waals surface area contributed by atoms with Crippen LogP contribution in [-0.2, 0) is 0 Å². The molecule has 2 atom stereocenters. The molecular formula is C16H28N2. The highest BCUT2D eigenvalue weighted by molar-refractivity contribution is 5.25. The molecule has 1 aromatic rings. The van der Waals surface area contributed by atoms with Crippen molar-refractivity contribution in [1.29, 1.82) is 0 Å². The number of hydrogen-bond donors (Lipinski definition) is 1. The molecule has 2 heteroatoms. The number of nitrogens with two attached hydrogens (primary N) is 1. The minimum atomic E-state index is 0.208. The van der Waals surface area contributed by atoms with Crippen molar-refractivity contribution in [2.24, 2.45) is 5.73 Å². The average molecular weight is 248 g/mol. The maximum Gasteiger partial charge on any atom is 0.0498 e. The van der Waals surface area contributed by atoms with Crippen LogP contribution in [-0.4, -0.2) is 24.0 Å². The Hall–Kier alpha value is -0.860. The maximum absolute atomic E-state index is 6.35. The number of likely N-dealkylation sites (N-methyl/N-ethyl adjacent to an activating group) is 1. The van der Waals surface area contributed by atoms with Gasteiger partial charge >= 0.3 is 0 Å². The molecule has 0 amide bonds. The fourth-order valence-electron chi connectivity index (χ4n) is 2.50. The van der Waals surface area contributed by atoms with Crippen molar-refractivity contribution in [3.05, 3.63) is 35.4 Å². The summed E-state index contributed by atoms with van der Waals surface area (Å²) in [4.78, 5) is 2.50. The standard InChI is InChI=1S/C16H28N2/c1-5-12-18(7-3)16(15(17)6-2)14-10-8-13(4)9-11-14/h8-11,15-16H,5-7,12,17H2,1-4H3. The Balaban J connectivity index is 2.99. The molecule has 0 spiro atoms. The third-order valence-electron chi connectivity index (χ3n) is 3.61. The molecule has 102 valence electrons. The van der Waals surface area contributed by atoms with Gasteiger partial charge in [-0.25, -0.2) is 0 Å². The summed E-state index contributed by atoms with van der Waals surface area (Å²) in [7, 11) is 0. The fourth-order valence-corrected chi connectivity index (χ4v) is 2.50. The first kappa shape index (κ1) is 15.2. The minimum Gasteiger partial charge on any atom is -0.326 e. The summed E-state index contributed by atoms with van der Waals surface area (Å²) >= 11 is 0. The second kappa shape index (κ2) is 7.55. The van der Waals surface area contributed by atoms with Crippen LogP contribution in [0.5, 0.6) is 0 Å². The van der Waals surface area contributed by atoms with Gasteiger partial charge in [0.2, 0.25) is 0 Å². The Morgan fingerprint density at radius 1 is 1.11 bits per heavy atom. The monoisotopic (exact) mass is 248 g/mol. The Bertz CT molecular complexity index is 331. The zero-order chi connectivity index (χ0) is 13.5. The Kier molecular flexibility index (Phi) is 6.37. The smallest absolute Gasteiger partial charge is 0.0498 e. The van der Waals surface area contributed by atoms with E-state index in [1.54, 1.807) is 0 Å². The van der Waals surface area contributed by atoms with Crippen LogP contribution >= 0.6 is 0 Å². The van der Waals surface area contributed by atoms with E-state index in [0.717, 1.165) is 19.5 Å². The van der Waals surface area contributed by atoms with Gasteiger partial charge in [0.05, 0.1) is 0 Å². The van der Waals surface area contributed by atoms with E-state index in [1.807, 2.05) is 0 Å². The van der Waals surface area contributed by atoms with Gasteiger partial charge in [-0.15, -0.1) is 0 Å². The van der Waals surface area contributed by atoms with E-state index >= 15 is 0 Å². The van der Waals surface area contributed by atoms with Gasteiger partial charge in [0.25, 0.3) is 0 Å². The van der Waals surface area contributed by atoms with Crippen molar-refractivity contribution in [2.75, 3.05) is 13.1 Å². The number of rotatable bonds is 7. The minimum absolute atomic E-state index is 0.208. The molecule has 0 aliphatic heterocycles. The topological polar surface area (TPSA) is 29.3 Å². The van der Waals surface area contributed by atoms with Gasteiger partial charge in [0, 0.05) is 12.1 Å². The van der Waals surface area contributed by atoms with Crippen molar-refractivity contribution < 1.29 is 0 Å². The van der Waals surface area contributed by atoms with Gasteiger partial charge in [0.1, 0.15) is 0 Å². The molecule has 0 heterocycles. The van der Waals surface area contributed by atoms with E-state index in [0.29, 0.717) is 6.04 Å². The number of nitrogens with zero attached hydrogens (tertiary/aromatic N) is 1. The van der Waals surface area contributed by atoms with Crippen LogP contribution in [0.3, 0.4) is 0 Å². The summed E-state index contributed by atoms with van der Waals surface area (Å²) in [6, 6.07) is 9.39. The molecule has 2 N–H and O–H groups in total. The van der Waals surface area contributed by atoms with Crippen molar-refractivity contribution >= 4 is 0 Å². The lowest BCUT2D eigenvalue weighted by molar-refractivity contribution is 0.178. The lowest BCUT2D eigenvalue weighted by atomic mass is 9.95. The normalized spacial score (nSPS) is 14.8. The molecule has 0 saturated carbocycles. The van der Waals surface area contributed by atoms with Crippen molar-refractivity contribution in [3.63, 3.8) is 0 Å². The third kappa shape index (κ3) is 3.82. The fraction of sp³-hybridized carbons (Fsp3) is 0.625. The van der Waals surface area contributed by atoms with Gasteiger partial charge in [-0.1, -0.05) is 50.6 Å². The molecule has 2 nitrogen and oxygen atoms in total. The molecule has 2 unspecified atom stereocenters. The van der Waals surface area contributed by atoms with Crippen LogP contribution in [0.15, 0.2) is 24.3 Å². The quantitative estimate of drug-likeness (QED) is 0.800. The molecule has 1 rings (SSSR count). The van der Waals surface area contributed by atoms with Crippen molar-refractivity contribution in [2.45, 2.75) is 52.6 Å². The van der Waals surface area contributed by atoms with Crippen LogP contribution < -0.4 is 5.73 Å². The van der Waals surface area contributed by atoms with Crippen LogP contribution in [0.25, 0.3) is 0 Å². The summed E-state index contributed by atoms with van der Waals surface area (Å²) in [6.07, 6.45) is 2.19. The van der Waals surface area contributed by atoms with Crippen LogP contribution in [0.1, 0.15) is 50.8 Å². The Morgan fingerprint density at radius 2 is 1.72 bits per heavy atom. The van der Waals surface area contributed by atoms with Crippen LogP contribution in [0, 0.1) is 6.92 Å². The first-order chi connectivity index (χ1) is 8.63. The van der Waals surface area contributed by atoms with Crippen molar-refractivity contribution in [1.82, 2.24) is 4.90 Å². The molecule has 0 fully saturated rings. The van der Waals surface area contributed by atoms with Gasteiger partial charge < -0.3 is 5.73 Å². The van der Waals surface area contributed by atoms with Gasteiger partial charge in [0.15, 0.2) is 0 Å². The number of aryl methyl sites for hydroxylation is 1. The van der Waals surface area contributed by atoms with E-state index in [1.165, 1.54) is 17.5 Å². The van der Waals surface area contributed by atoms with E-state index in [9.17, 15) is 0 Å². The molecule has 0 radical (unpaired) electrons. The number of benzene rings is 1. The highest BCUT2D eigenvalue weighted by atomic mass is 15.2. The largest absolute Gasteiger partial charge is 0.326 e. The summed E-state index contributed by atoms with van der Waals surface area (Å²) < 4.78 is 0. The summed E-state index contributed by atoms with van der Waals surface area (Å²) in [5.41, 5.74) is 9.01. The number of hydrogen-bond acceptors (Lipinski definition) is 2. The van der Waals surface area contributed by atoms with Crippen molar-refractivity contribution in [3.8, 4) is 0 Å². The lowest BCUT2D eigenvalue weighted by Crippen LogP contribution is -2.41. The molecular weight excluding hydrogens is 220 g/mol. The highest BCUT2D eigenvalue weighted by Gasteiger charge is 2.23. The van der Waals surface area contributed by atoms with E-state index < -0.39 is 0 Å². The zero-order valence-electron chi connectivity index (χ0n) is 12.3. The van der Waals surface area contributed by atoms with Crippen LogP contribution in [0.4, 0.5) is 0 Å². The van der Waals surface area contributed by atoms with Gasteiger partial charge in [-0.3, -0.25) is 4.90 Å². The zero-order valence-corrected chi connectivity index (χ0v) is 12.3. The maximum atomic E-state index is 6.35. The molecule has 0 aliphatic carbocycles. The predicted molar refractivity (Wildman–Crippen MR) is 79.7 cm³/mol. The first-order valence-corrected chi connectivity index (χ1v) is 7.20. The third-order valence-corrected chi connectivity index (χ3v) is 3.61. The molecule has 0 bridgehead atoms. The highest BCUT2D eigenvalue weighted by Crippen LogP contribution is 2.25. The van der Waals surface area contributed by atoms with Gasteiger partial charge in [-0.2, -0.15) is 0 Å². The van der Waals surface area contributed by atoms with E-state index in [-0.39, 0.29) is 6.04 Å². The van der Waals surface area contributed by atoms with E-state index in [4.69, 9.17) is 5.73 Å². The SMILES string of the molecule is CCCN(CC)C(c1ccc(C)cc1)C(N)CC.